The quantitative estimate of drug-likeness (QED) is 0.248. The van der Waals surface area contributed by atoms with Crippen molar-refractivity contribution >= 4 is 16.6 Å². The minimum atomic E-state index is -0.125. The van der Waals surface area contributed by atoms with Crippen molar-refractivity contribution in [1.82, 2.24) is 4.98 Å². The molecule has 1 aromatic heterocycles. The van der Waals surface area contributed by atoms with E-state index in [1.54, 1.807) is 0 Å². The molecule has 0 spiro atoms. The number of carbonyl (C=O) groups excluding carboxylic acids is 1. The number of benzene rings is 2. The van der Waals surface area contributed by atoms with Crippen LogP contribution in [0.4, 0.5) is 0 Å². The first-order chi connectivity index (χ1) is 12.9. The first kappa shape index (κ1) is 23.7. The number of hydrogen-bond acceptors (Lipinski definition) is 3. The van der Waals surface area contributed by atoms with E-state index in [0.29, 0.717) is 5.92 Å². The predicted molar refractivity (Wildman–Crippen MR) is 112 cm³/mol. The second-order valence-electron chi connectivity index (χ2n) is 6.95. The number of pyridine rings is 1. The molecule has 0 saturated heterocycles. The summed E-state index contributed by atoms with van der Waals surface area (Å²) in [4.78, 5) is 14.7. The van der Waals surface area contributed by atoms with Crippen LogP contribution in [0.25, 0.3) is 22.0 Å². The molecule has 0 saturated carbocycles. The van der Waals surface area contributed by atoms with Crippen LogP contribution in [0.15, 0.2) is 66.6 Å². The number of nitrogens with zero attached hydrogens (tertiary/aromatic N) is 1. The van der Waals surface area contributed by atoms with E-state index in [-0.39, 0.29) is 31.6 Å². The summed E-state index contributed by atoms with van der Waals surface area (Å²) < 4.78 is 0. The second-order valence-corrected chi connectivity index (χ2v) is 6.95. The van der Waals surface area contributed by atoms with Crippen LogP contribution in [0.2, 0.25) is 0 Å². The molecule has 0 amide bonds. The van der Waals surface area contributed by atoms with Gasteiger partial charge >= 0.3 is 0 Å². The third-order valence-electron chi connectivity index (χ3n) is 3.88. The van der Waals surface area contributed by atoms with Gasteiger partial charge in [0, 0.05) is 32.4 Å². The fourth-order valence-corrected chi connectivity index (χ4v) is 2.90. The van der Waals surface area contributed by atoms with E-state index < -0.39 is 0 Å². The zero-order chi connectivity index (χ0) is 19.8. The van der Waals surface area contributed by atoms with Crippen molar-refractivity contribution in [3.8, 4) is 11.3 Å². The van der Waals surface area contributed by atoms with E-state index in [1.165, 1.54) is 36.3 Å². The van der Waals surface area contributed by atoms with Crippen molar-refractivity contribution in [1.29, 1.82) is 0 Å². The number of ketones is 1. The Labute approximate surface area is 180 Å². The monoisotopic (exact) mass is 553 g/mol. The Morgan fingerprint density at radius 2 is 1.75 bits per heavy atom. The summed E-state index contributed by atoms with van der Waals surface area (Å²) in [6, 6.07) is 19.8. The summed E-state index contributed by atoms with van der Waals surface area (Å²) in [7, 11) is 0. The fourth-order valence-electron chi connectivity index (χ4n) is 2.90. The molecule has 3 nitrogen and oxygen atoms in total. The van der Waals surface area contributed by atoms with E-state index in [4.69, 9.17) is 10.1 Å². The van der Waals surface area contributed by atoms with Crippen molar-refractivity contribution in [2.45, 2.75) is 34.1 Å². The van der Waals surface area contributed by atoms with Crippen molar-refractivity contribution in [2.24, 2.45) is 5.92 Å². The molecule has 0 fully saturated rings. The molecule has 0 aliphatic rings. The average Bonchev–Trinajstić information content (AvgIpc) is 2.62. The molecule has 0 aliphatic carbocycles. The fraction of sp³-hybridized carbons (Fsp3) is 0.250. The molecular formula is C24H26IrNO2-. The molecule has 0 atom stereocenters. The van der Waals surface area contributed by atoms with Crippen LogP contribution in [0, 0.1) is 12.0 Å². The maximum Gasteiger partial charge on any atom is 0.155 e. The number of aromatic nitrogens is 1. The van der Waals surface area contributed by atoms with Gasteiger partial charge < -0.3 is 10.1 Å². The third kappa shape index (κ3) is 7.03. The van der Waals surface area contributed by atoms with E-state index in [0.717, 1.165) is 17.7 Å². The summed E-state index contributed by atoms with van der Waals surface area (Å²) in [5.41, 5.74) is 3.41. The number of allylic oxidation sites excluding steroid dienone is 2. The molecule has 28 heavy (non-hydrogen) atoms. The van der Waals surface area contributed by atoms with Gasteiger partial charge in [-0.25, -0.2) is 0 Å². The molecule has 4 heteroatoms. The van der Waals surface area contributed by atoms with Crippen molar-refractivity contribution < 1.29 is 30.0 Å². The Morgan fingerprint density at radius 1 is 1.11 bits per heavy atom. The summed E-state index contributed by atoms with van der Waals surface area (Å²) in [6.07, 6.45) is 4.25. The number of fused-ring (bicyclic) bond motifs is 1. The zero-order valence-electron chi connectivity index (χ0n) is 16.7. The molecule has 1 N–H and O–H groups in total. The number of aliphatic hydroxyl groups is 1. The maximum atomic E-state index is 10.0. The molecule has 0 unspecified atom stereocenters. The summed E-state index contributed by atoms with van der Waals surface area (Å²) >= 11 is 0. The van der Waals surface area contributed by atoms with Gasteiger partial charge in [0.2, 0.25) is 0 Å². The van der Waals surface area contributed by atoms with E-state index in [2.05, 4.69) is 50.2 Å². The van der Waals surface area contributed by atoms with Crippen LogP contribution in [0.1, 0.15) is 33.3 Å². The Morgan fingerprint density at radius 3 is 2.25 bits per heavy atom. The number of rotatable bonds is 4. The summed E-state index contributed by atoms with van der Waals surface area (Å²) in [6.45, 7) is 7.34. The van der Waals surface area contributed by atoms with Crippen LogP contribution >= 0.6 is 0 Å². The first-order valence-electron chi connectivity index (χ1n) is 9.10. The van der Waals surface area contributed by atoms with Gasteiger partial charge in [0.05, 0.1) is 5.76 Å². The van der Waals surface area contributed by atoms with Crippen LogP contribution < -0.4 is 0 Å². The SMILES string of the molecule is CC(=O)/C=C(/C)O.CC(C)Cc1cnc(-c2[c-]cccc2)c2ccccc12.[Ir]. The Balaban J connectivity index is 0.000000425. The molecule has 1 heterocycles. The third-order valence-corrected chi connectivity index (χ3v) is 3.88. The summed E-state index contributed by atoms with van der Waals surface area (Å²) in [5, 5.41) is 10.9. The Kier molecular flexibility index (Phi) is 9.78. The van der Waals surface area contributed by atoms with Gasteiger partial charge in [0.25, 0.3) is 0 Å². The molecule has 3 rings (SSSR count). The van der Waals surface area contributed by atoms with Gasteiger partial charge in [-0.3, -0.25) is 4.79 Å². The largest absolute Gasteiger partial charge is 0.512 e. The topological polar surface area (TPSA) is 50.2 Å². The smallest absolute Gasteiger partial charge is 0.155 e. The van der Waals surface area contributed by atoms with Crippen molar-refractivity contribution in [3.05, 3.63) is 78.2 Å². The maximum absolute atomic E-state index is 10.0. The molecule has 0 aliphatic heterocycles. The molecule has 1 radical (unpaired) electrons. The average molecular weight is 553 g/mol. The molecule has 3 aromatic rings. The molecule has 149 valence electrons. The van der Waals surface area contributed by atoms with E-state index in [9.17, 15) is 4.79 Å². The minimum Gasteiger partial charge on any atom is -0.512 e. The minimum absolute atomic E-state index is 0. The van der Waals surface area contributed by atoms with Gasteiger partial charge in [0.1, 0.15) is 0 Å². The standard InChI is InChI=1S/C19H18N.C5H8O2.Ir/c1-14(2)12-16-13-20-19(15-8-4-3-5-9-15)18-11-7-6-10-17(16)18;1-4(6)3-5(2)7;/h3-8,10-11,13-14H,12H2,1-2H3;3,6H,1-2H3;/q-1;;/b;4-3-;. The second kappa shape index (κ2) is 11.5. The van der Waals surface area contributed by atoms with Gasteiger partial charge in [-0.05, 0) is 48.2 Å². The van der Waals surface area contributed by atoms with Crippen LogP contribution in [0.3, 0.4) is 0 Å². The van der Waals surface area contributed by atoms with Gasteiger partial charge in [0.15, 0.2) is 5.78 Å². The summed E-state index contributed by atoms with van der Waals surface area (Å²) in [5.74, 6) is 0.571. The number of hydrogen-bond donors (Lipinski definition) is 1. The van der Waals surface area contributed by atoms with Crippen LogP contribution in [-0.4, -0.2) is 15.9 Å². The number of aliphatic hydroxyl groups excluding tert-OH is 1. The normalized spacial score (nSPS) is 10.8. The molecule has 0 bridgehead atoms. The Bertz CT molecular complexity index is 930. The van der Waals surface area contributed by atoms with Crippen molar-refractivity contribution in [3.63, 3.8) is 0 Å². The zero-order valence-corrected chi connectivity index (χ0v) is 19.1. The van der Waals surface area contributed by atoms with Gasteiger partial charge in [-0.2, -0.15) is 0 Å². The van der Waals surface area contributed by atoms with Crippen LogP contribution in [-0.2, 0) is 31.3 Å². The van der Waals surface area contributed by atoms with Gasteiger partial charge in [-0.15, -0.1) is 35.9 Å². The molecular weight excluding hydrogens is 526 g/mol. The first-order valence-corrected chi connectivity index (χ1v) is 9.10. The van der Waals surface area contributed by atoms with Crippen LogP contribution in [0.5, 0.6) is 0 Å². The predicted octanol–water partition coefficient (Wildman–Crippen LogP) is 5.94. The molecule has 2 aromatic carbocycles. The van der Waals surface area contributed by atoms with Crippen molar-refractivity contribution in [2.75, 3.05) is 0 Å². The number of carbonyl (C=O) groups is 1. The van der Waals surface area contributed by atoms with Gasteiger partial charge in [-0.1, -0.05) is 38.1 Å². The van der Waals surface area contributed by atoms with E-state index in [1.807, 2.05) is 24.4 Å². The van der Waals surface area contributed by atoms with E-state index >= 15 is 0 Å². The Hall–Kier alpha value is -2.29.